The van der Waals surface area contributed by atoms with Crippen LogP contribution >= 0.6 is 11.6 Å². The smallest absolute Gasteiger partial charge is 0.255 e. The molecule has 0 saturated carbocycles. The lowest BCUT2D eigenvalue weighted by molar-refractivity contribution is 0.0730. The SMILES string of the molecule is CN(C)c1ccc(NC(=O)c2cccc(F)c2)cc1CN(Cc1ccc(F)cc1)C(=O)c1ccccc1Cl. The first-order chi connectivity index (χ1) is 18.2. The molecule has 1 N–H and O–H groups in total. The lowest BCUT2D eigenvalue weighted by atomic mass is 10.1. The van der Waals surface area contributed by atoms with Gasteiger partial charge in [0.15, 0.2) is 0 Å². The number of amides is 2. The van der Waals surface area contributed by atoms with Crippen molar-refractivity contribution in [3.8, 4) is 0 Å². The molecule has 0 radical (unpaired) electrons. The van der Waals surface area contributed by atoms with Crippen molar-refractivity contribution in [2.45, 2.75) is 13.1 Å². The van der Waals surface area contributed by atoms with Crippen LogP contribution in [0.1, 0.15) is 31.8 Å². The molecule has 0 saturated heterocycles. The van der Waals surface area contributed by atoms with Gasteiger partial charge in [0.2, 0.25) is 0 Å². The number of hydrogen-bond donors (Lipinski definition) is 1. The highest BCUT2D eigenvalue weighted by Gasteiger charge is 2.21. The van der Waals surface area contributed by atoms with Crippen molar-refractivity contribution in [1.29, 1.82) is 0 Å². The second kappa shape index (κ2) is 11.9. The predicted octanol–water partition coefficient (Wildman–Crippen LogP) is 6.78. The summed E-state index contributed by atoms with van der Waals surface area (Å²) in [4.78, 5) is 29.9. The summed E-state index contributed by atoms with van der Waals surface area (Å²) in [6, 6.07) is 23.6. The molecule has 0 spiro atoms. The van der Waals surface area contributed by atoms with Crippen LogP contribution in [0.5, 0.6) is 0 Å². The molecular formula is C30H26ClF2N3O2. The van der Waals surface area contributed by atoms with Crippen LogP contribution < -0.4 is 10.2 Å². The first-order valence-corrected chi connectivity index (χ1v) is 12.2. The molecule has 0 aliphatic carbocycles. The molecule has 4 aromatic rings. The lowest BCUT2D eigenvalue weighted by Crippen LogP contribution is -2.31. The highest BCUT2D eigenvalue weighted by atomic mass is 35.5. The minimum Gasteiger partial charge on any atom is -0.377 e. The maximum absolute atomic E-state index is 13.7. The minimum absolute atomic E-state index is 0.179. The summed E-state index contributed by atoms with van der Waals surface area (Å²) in [5, 5.41) is 3.13. The van der Waals surface area contributed by atoms with Gasteiger partial charge in [-0.3, -0.25) is 9.59 Å². The van der Waals surface area contributed by atoms with E-state index in [9.17, 15) is 18.4 Å². The number of nitrogens with zero attached hydrogens (tertiary/aromatic N) is 2. The molecule has 5 nitrogen and oxygen atoms in total. The molecule has 0 atom stereocenters. The maximum Gasteiger partial charge on any atom is 0.255 e. The number of benzene rings is 4. The second-order valence-electron chi connectivity index (χ2n) is 8.97. The first-order valence-electron chi connectivity index (χ1n) is 11.9. The fourth-order valence-electron chi connectivity index (χ4n) is 4.08. The maximum atomic E-state index is 13.7. The van der Waals surface area contributed by atoms with Crippen LogP contribution in [0.25, 0.3) is 0 Å². The predicted molar refractivity (Wildman–Crippen MR) is 147 cm³/mol. The fraction of sp³-hybridized carbons (Fsp3) is 0.133. The zero-order chi connectivity index (χ0) is 27.2. The Bertz CT molecular complexity index is 1460. The van der Waals surface area contributed by atoms with Crippen LogP contribution in [0.3, 0.4) is 0 Å². The molecule has 2 amide bonds. The van der Waals surface area contributed by atoms with Gasteiger partial charge in [-0.1, -0.05) is 41.9 Å². The largest absolute Gasteiger partial charge is 0.377 e. The van der Waals surface area contributed by atoms with E-state index in [0.717, 1.165) is 22.9 Å². The van der Waals surface area contributed by atoms with E-state index in [0.29, 0.717) is 16.3 Å². The third kappa shape index (κ3) is 6.55. The van der Waals surface area contributed by atoms with Crippen molar-refractivity contribution < 1.29 is 18.4 Å². The Hall–Kier alpha value is -4.23. The molecule has 0 heterocycles. The standard InChI is InChI=1S/C30H26ClF2N3O2/c1-35(2)28-15-14-25(34-29(37)21-6-5-7-24(33)16-21)17-22(28)19-36(18-20-10-12-23(32)13-11-20)30(38)26-8-3-4-9-27(26)31/h3-17H,18-19H2,1-2H3,(H,34,37). The van der Waals surface area contributed by atoms with Gasteiger partial charge in [0.05, 0.1) is 10.6 Å². The van der Waals surface area contributed by atoms with Gasteiger partial charge in [-0.15, -0.1) is 0 Å². The average Bonchev–Trinajstić information content (AvgIpc) is 2.89. The highest BCUT2D eigenvalue weighted by molar-refractivity contribution is 6.33. The molecule has 0 bridgehead atoms. The molecule has 0 fully saturated rings. The molecule has 8 heteroatoms. The van der Waals surface area contributed by atoms with Crippen molar-refractivity contribution in [3.05, 3.63) is 130 Å². The number of halogens is 3. The minimum atomic E-state index is -0.504. The normalized spacial score (nSPS) is 10.7. The van der Waals surface area contributed by atoms with Crippen LogP contribution in [-0.2, 0) is 13.1 Å². The Labute approximate surface area is 225 Å². The topological polar surface area (TPSA) is 52.7 Å². The average molecular weight is 534 g/mol. The molecule has 38 heavy (non-hydrogen) atoms. The number of carbonyl (C=O) groups is 2. The van der Waals surface area contributed by atoms with Crippen molar-refractivity contribution in [3.63, 3.8) is 0 Å². The van der Waals surface area contributed by atoms with Gasteiger partial charge in [0.25, 0.3) is 11.8 Å². The Kier molecular flexibility index (Phi) is 8.38. The molecule has 4 aromatic carbocycles. The van der Waals surface area contributed by atoms with Gasteiger partial charge >= 0.3 is 0 Å². The number of anilines is 2. The fourth-order valence-corrected chi connectivity index (χ4v) is 4.30. The third-order valence-corrected chi connectivity index (χ3v) is 6.27. The van der Waals surface area contributed by atoms with E-state index >= 15 is 0 Å². The van der Waals surface area contributed by atoms with Crippen LogP contribution in [0, 0.1) is 11.6 Å². The van der Waals surface area contributed by atoms with Crippen LogP contribution in [0.4, 0.5) is 20.2 Å². The van der Waals surface area contributed by atoms with Crippen molar-refractivity contribution >= 4 is 34.8 Å². The summed E-state index contributed by atoms with van der Waals surface area (Å²) in [6.07, 6.45) is 0. The summed E-state index contributed by atoms with van der Waals surface area (Å²) in [5.41, 5.74) is 3.37. The highest BCUT2D eigenvalue weighted by Crippen LogP contribution is 2.27. The van der Waals surface area contributed by atoms with Crippen LogP contribution in [-0.4, -0.2) is 30.8 Å². The summed E-state index contributed by atoms with van der Waals surface area (Å²) < 4.78 is 27.1. The van der Waals surface area contributed by atoms with Crippen molar-refractivity contribution in [1.82, 2.24) is 4.90 Å². The second-order valence-corrected chi connectivity index (χ2v) is 9.38. The van der Waals surface area contributed by atoms with E-state index in [2.05, 4.69) is 5.32 Å². The molecule has 4 rings (SSSR count). The van der Waals surface area contributed by atoms with Crippen molar-refractivity contribution in [2.24, 2.45) is 0 Å². The number of carbonyl (C=O) groups excluding carboxylic acids is 2. The van der Waals surface area contributed by atoms with E-state index in [-0.39, 0.29) is 30.4 Å². The monoisotopic (exact) mass is 533 g/mol. The number of hydrogen-bond acceptors (Lipinski definition) is 3. The number of nitrogens with one attached hydrogen (secondary N) is 1. The Morgan fingerprint density at radius 2 is 1.55 bits per heavy atom. The van der Waals surface area contributed by atoms with E-state index in [1.54, 1.807) is 53.4 Å². The lowest BCUT2D eigenvalue weighted by Gasteiger charge is -2.27. The van der Waals surface area contributed by atoms with E-state index < -0.39 is 11.7 Å². The summed E-state index contributed by atoms with van der Waals surface area (Å²) in [7, 11) is 3.76. The van der Waals surface area contributed by atoms with Gasteiger partial charge in [0.1, 0.15) is 11.6 Å². The zero-order valence-corrected chi connectivity index (χ0v) is 21.7. The summed E-state index contributed by atoms with van der Waals surface area (Å²) >= 11 is 6.34. The van der Waals surface area contributed by atoms with E-state index in [1.807, 2.05) is 25.1 Å². The van der Waals surface area contributed by atoms with Gasteiger partial charge in [-0.2, -0.15) is 0 Å². The molecular weight excluding hydrogens is 508 g/mol. The molecule has 0 aliphatic rings. The molecule has 0 aromatic heterocycles. The van der Waals surface area contributed by atoms with Gasteiger partial charge in [0, 0.05) is 44.1 Å². The third-order valence-electron chi connectivity index (χ3n) is 5.95. The summed E-state index contributed by atoms with van der Waals surface area (Å²) in [5.74, 6) is -1.62. The van der Waals surface area contributed by atoms with Crippen LogP contribution in [0.2, 0.25) is 5.02 Å². The Morgan fingerprint density at radius 3 is 2.24 bits per heavy atom. The Morgan fingerprint density at radius 1 is 0.816 bits per heavy atom. The van der Waals surface area contributed by atoms with Crippen molar-refractivity contribution in [2.75, 3.05) is 24.3 Å². The number of rotatable bonds is 8. The quantitative estimate of drug-likeness (QED) is 0.272. The zero-order valence-electron chi connectivity index (χ0n) is 20.9. The van der Waals surface area contributed by atoms with E-state index in [1.165, 1.54) is 30.3 Å². The van der Waals surface area contributed by atoms with Gasteiger partial charge in [-0.25, -0.2) is 8.78 Å². The molecule has 0 unspecified atom stereocenters. The Balaban J connectivity index is 1.68. The molecule has 194 valence electrons. The van der Waals surface area contributed by atoms with E-state index in [4.69, 9.17) is 11.6 Å². The first kappa shape index (κ1) is 26.8. The van der Waals surface area contributed by atoms with Gasteiger partial charge < -0.3 is 15.1 Å². The van der Waals surface area contributed by atoms with Crippen LogP contribution in [0.15, 0.2) is 91.0 Å². The van der Waals surface area contributed by atoms with Gasteiger partial charge in [-0.05, 0) is 71.8 Å². The molecule has 0 aliphatic heterocycles. The summed E-state index contributed by atoms with van der Waals surface area (Å²) in [6.45, 7) is 0.385.